The van der Waals surface area contributed by atoms with Gasteiger partial charge in [-0.05, 0) is 42.9 Å². The molecule has 0 bridgehead atoms. The number of hydrogen-bond acceptors (Lipinski definition) is 6. The quantitative estimate of drug-likeness (QED) is 0.598. The minimum Gasteiger partial charge on any atom is -0.365 e. The zero-order valence-corrected chi connectivity index (χ0v) is 18.2. The first kappa shape index (κ1) is 20.8. The number of nitrogens with zero attached hydrogens (tertiary/aromatic N) is 4. The maximum atomic E-state index is 11.6. The van der Waals surface area contributed by atoms with Crippen LogP contribution in [0.15, 0.2) is 35.5 Å². The van der Waals surface area contributed by atoms with Gasteiger partial charge in [0.05, 0.1) is 23.0 Å². The minimum absolute atomic E-state index is 0.414. The van der Waals surface area contributed by atoms with Crippen LogP contribution in [0.3, 0.4) is 0 Å². The summed E-state index contributed by atoms with van der Waals surface area (Å²) >= 11 is 1.35. The number of carbonyl (C=O) groups excluding carboxylic acids is 1. The summed E-state index contributed by atoms with van der Waals surface area (Å²) in [6, 6.07) is 6.11. The van der Waals surface area contributed by atoms with Crippen molar-refractivity contribution in [2.45, 2.75) is 13.3 Å². The van der Waals surface area contributed by atoms with Crippen molar-refractivity contribution in [2.75, 3.05) is 37.3 Å². The van der Waals surface area contributed by atoms with Gasteiger partial charge in [0.2, 0.25) is 0 Å². The van der Waals surface area contributed by atoms with Crippen molar-refractivity contribution >= 4 is 39.0 Å². The molecule has 0 radical (unpaired) electrons. The molecule has 1 aliphatic heterocycles. The second kappa shape index (κ2) is 9.50. The van der Waals surface area contributed by atoms with Gasteiger partial charge in [-0.2, -0.15) is 0 Å². The van der Waals surface area contributed by atoms with E-state index in [0.29, 0.717) is 4.91 Å². The monoisotopic (exact) mass is 415 g/mol. The van der Waals surface area contributed by atoms with Crippen LogP contribution in [0.2, 0.25) is 0 Å². The van der Waals surface area contributed by atoms with Crippen LogP contribution in [0.1, 0.15) is 17.5 Å². The Labute approximate surface area is 172 Å². The van der Waals surface area contributed by atoms with Gasteiger partial charge in [0.25, 0.3) is 5.91 Å². The molecule has 28 heavy (non-hydrogen) atoms. The zero-order valence-electron chi connectivity index (χ0n) is 16.3. The van der Waals surface area contributed by atoms with E-state index >= 15 is 0 Å². The molecule has 148 valence electrons. The van der Waals surface area contributed by atoms with Crippen molar-refractivity contribution in [3.05, 3.63) is 46.6 Å². The average Bonchev–Trinajstić information content (AvgIpc) is 2.91. The number of aromatic nitrogens is 2. The second-order valence-electron chi connectivity index (χ2n) is 6.79. The highest BCUT2D eigenvalue weighted by atomic mass is 32.2. The van der Waals surface area contributed by atoms with Crippen molar-refractivity contribution in [1.29, 1.82) is 0 Å². The van der Waals surface area contributed by atoms with Crippen LogP contribution < -0.4 is 10.6 Å². The molecule has 3 rings (SSSR count). The number of anilines is 1. The number of thioether (sulfide) groups is 1. The Morgan fingerprint density at radius 2 is 2.07 bits per heavy atom. The number of rotatable bonds is 5. The normalized spacial score (nSPS) is 16.1. The van der Waals surface area contributed by atoms with Gasteiger partial charge in [0, 0.05) is 31.7 Å². The molecule has 2 heterocycles. The fraction of sp³-hybridized carbons (Fsp3) is 0.350. The van der Waals surface area contributed by atoms with E-state index in [4.69, 9.17) is 10.7 Å². The van der Waals surface area contributed by atoms with Crippen molar-refractivity contribution < 1.29 is 4.79 Å². The topological polar surface area (TPSA) is 75.3 Å². The van der Waals surface area contributed by atoms with E-state index in [2.05, 4.69) is 23.9 Å². The number of nitrogens with two attached hydrogens (primary N) is 1. The largest absolute Gasteiger partial charge is 0.365 e. The van der Waals surface area contributed by atoms with Gasteiger partial charge in [-0.1, -0.05) is 21.5 Å². The number of hydrogen-bond donors (Lipinski definition) is 1. The van der Waals surface area contributed by atoms with Crippen LogP contribution >= 0.6 is 21.2 Å². The molecule has 1 unspecified atom stereocenters. The van der Waals surface area contributed by atoms with E-state index in [1.165, 1.54) is 11.8 Å². The smallest absolute Gasteiger partial charge is 0.255 e. The van der Waals surface area contributed by atoms with Crippen molar-refractivity contribution in [2.24, 2.45) is 5.73 Å². The van der Waals surface area contributed by atoms with Crippen LogP contribution in [-0.4, -0.2) is 53.0 Å². The molecule has 2 N–H and O–H groups in total. The Hall–Kier alpha value is -1.95. The van der Waals surface area contributed by atoms with Crippen molar-refractivity contribution in [1.82, 2.24) is 14.6 Å². The predicted molar refractivity (Wildman–Crippen MR) is 121 cm³/mol. The summed E-state index contributed by atoms with van der Waals surface area (Å²) < 4.78 is 2.26. The Morgan fingerprint density at radius 3 is 2.82 bits per heavy atom. The number of amides is 1. The van der Waals surface area contributed by atoms with Crippen LogP contribution in [0.5, 0.6) is 0 Å². The number of primary amides is 1. The fourth-order valence-corrected chi connectivity index (χ4v) is 3.88. The lowest BCUT2D eigenvalue weighted by atomic mass is 10.0. The highest BCUT2D eigenvalue weighted by molar-refractivity contribution is 8.03. The molecule has 0 saturated carbocycles. The average molecular weight is 416 g/mol. The third-order valence-corrected chi connectivity index (χ3v) is 6.08. The van der Waals surface area contributed by atoms with E-state index in [-0.39, 0.29) is 0 Å². The van der Waals surface area contributed by atoms with Gasteiger partial charge in [-0.3, -0.25) is 14.4 Å². The molecule has 8 heteroatoms. The van der Waals surface area contributed by atoms with Gasteiger partial charge in [-0.25, -0.2) is 4.98 Å². The van der Waals surface area contributed by atoms with Crippen molar-refractivity contribution in [3.8, 4) is 11.3 Å². The molecule has 0 aliphatic carbocycles. The lowest BCUT2D eigenvalue weighted by Gasteiger charge is -2.21. The predicted octanol–water partition coefficient (Wildman–Crippen LogP) is 2.94. The molecule has 1 fully saturated rings. The van der Waals surface area contributed by atoms with E-state index in [9.17, 15) is 4.79 Å². The highest BCUT2D eigenvalue weighted by Gasteiger charge is 2.15. The third-order valence-electron chi connectivity index (χ3n) is 4.80. The first-order valence-electron chi connectivity index (χ1n) is 9.21. The van der Waals surface area contributed by atoms with Gasteiger partial charge in [0.1, 0.15) is 5.82 Å². The van der Waals surface area contributed by atoms with Gasteiger partial charge in [0.15, 0.2) is 0 Å². The first-order valence-corrected chi connectivity index (χ1v) is 10.9. The summed E-state index contributed by atoms with van der Waals surface area (Å²) in [6.07, 6.45) is 8.40. The fourth-order valence-electron chi connectivity index (χ4n) is 3.14. The SMILES string of the molecule is CS/C(=C\c1cc(-c2cncc(N3CCCN(P)CC3)n2)ccc1C)C(N)=O. The molecule has 1 saturated heterocycles. The number of carbonyl (C=O) groups is 1. The molecule has 6 nitrogen and oxygen atoms in total. The van der Waals surface area contributed by atoms with Gasteiger partial charge < -0.3 is 10.6 Å². The Kier molecular flexibility index (Phi) is 7.05. The third kappa shape index (κ3) is 5.10. The van der Waals surface area contributed by atoms with E-state index in [0.717, 1.165) is 60.8 Å². The summed E-state index contributed by atoms with van der Waals surface area (Å²) in [5.74, 6) is 0.487. The van der Waals surface area contributed by atoms with Gasteiger partial charge in [-0.15, -0.1) is 11.8 Å². The molecule has 1 aromatic carbocycles. The number of benzene rings is 1. The highest BCUT2D eigenvalue weighted by Crippen LogP contribution is 2.26. The Bertz CT molecular complexity index is 889. The summed E-state index contributed by atoms with van der Waals surface area (Å²) in [5, 5.41) is 0. The Balaban J connectivity index is 1.92. The van der Waals surface area contributed by atoms with Crippen LogP contribution in [0.4, 0.5) is 5.82 Å². The summed E-state index contributed by atoms with van der Waals surface area (Å²) in [7, 11) is 2.78. The zero-order chi connectivity index (χ0) is 20.1. The summed E-state index contributed by atoms with van der Waals surface area (Å²) in [6.45, 7) is 5.97. The lowest BCUT2D eigenvalue weighted by molar-refractivity contribution is -0.113. The van der Waals surface area contributed by atoms with Crippen LogP contribution in [0.25, 0.3) is 17.3 Å². The number of aryl methyl sites for hydroxylation is 1. The summed E-state index contributed by atoms with van der Waals surface area (Å²) in [5.41, 5.74) is 9.29. The molecular formula is C20H26N5OPS. The molecule has 2 aromatic rings. The Morgan fingerprint density at radius 1 is 1.25 bits per heavy atom. The maximum absolute atomic E-state index is 11.6. The second-order valence-corrected chi connectivity index (χ2v) is 8.37. The van der Waals surface area contributed by atoms with Crippen LogP contribution in [-0.2, 0) is 4.79 Å². The first-order chi connectivity index (χ1) is 13.5. The van der Waals surface area contributed by atoms with Gasteiger partial charge >= 0.3 is 0 Å². The molecule has 1 amide bonds. The maximum Gasteiger partial charge on any atom is 0.255 e. The molecule has 1 aliphatic rings. The molecule has 0 spiro atoms. The van der Waals surface area contributed by atoms with Crippen molar-refractivity contribution in [3.63, 3.8) is 0 Å². The van der Waals surface area contributed by atoms with E-state index < -0.39 is 5.91 Å². The lowest BCUT2D eigenvalue weighted by Crippen LogP contribution is -2.28. The van der Waals surface area contributed by atoms with E-state index in [1.54, 1.807) is 6.20 Å². The minimum atomic E-state index is -0.414. The van der Waals surface area contributed by atoms with E-state index in [1.807, 2.05) is 43.7 Å². The summed E-state index contributed by atoms with van der Waals surface area (Å²) in [4.78, 5) is 23.7. The molecule has 1 aromatic heterocycles. The standard InChI is InChI=1S/C20H26N5OPS/c1-14-4-5-15(10-16(14)11-18(28-2)20(21)26)17-12-22-13-19(23-17)24-6-3-7-25(27)9-8-24/h4-5,10-13H,3,6-9,27H2,1-2H3,(H2,21,26)/b18-11-. The molecule has 1 atom stereocenters. The molecular weight excluding hydrogens is 389 g/mol. The van der Waals surface area contributed by atoms with Crippen LogP contribution in [0, 0.1) is 6.92 Å².